The van der Waals surface area contributed by atoms with Gasteiger partial charge in [0.25, 0.3) is 0 Å². The summed E-state index contributed by atoms with van der Waals surface area (Å²) in [6.07, 6.45) is -0.147. The van der Waals surface area contributed by atoms with Gasteiger partial charge in [-0.25, -0.2) is 4.99 Å². The standard InChI is InChI=1S/C52H38N4O/c1-55-51(37-15-7-3-8-16-37)53-50(54-52(55)38-17-9-4-10-18-38)36-23-21-35(22-24-36)40-26-29-44-45-30-27-41(33-49(45)57-48(44)32-40)56-46-20-12-11-19-42(46)43-28-25-39(31-47(43)56)34-13-5-2-6-14-34/h2-33,51-52H,1H3,(H,53,54). The van der Waals surface area contributed by atoms with Crippen LogP contribution in [0.1, 0.15) is 29.0 Å². The van der Waals surface area contributed by atoms with Gasteiger partial charge in [0.2, 0.25) is 0 Å². The summed E-state index contributed by atoms with van der Waals surface area (Å²) >= 11 is 0. The van der Waals surface area contributed by atoms with Gasteiger partial charge in [-0.3, -0.25) is 4.90 Å². The lowest BCUT2D eigenvalue weighted by atomic mass is 10.0. The van der Waals surface area contributed by atoms with E-state index in [1.165, 1.54) is 38.5 Å². The molecule has 272 valence electrons. The zero-order valence-corrected chi connectivity index (χ0v) is 31.4. The van der Waals surface area contributed by atoms with Crippen molar-refractivity contribution in [1.29, 1.82) is 0 Å². The molecular formula is C52H38N4O. The van der Waals surface area contributed by atoms with Crippen LogP contribution in [0.2, 0.25) is 0 Å². The van der Waals surface area contributed by atoms with E-state index in [0.717, 1.165) is 55.7 Å². The molecule has 2 atom stereocenters. The zero-order valence-electron chi connectivity index (χ0n) is 31.4. The van der Waals surface area contributed by atoms with Crippen LogP contribution in [-0.4, -0.2) is 22.4 Å². The number of furan rings is 1. The molecule has 0 aliphatic carbocycles. The Morgan fingerprint density at radius 1 is 0.456 bits per heavy atom. The summed E-state index contributed by atoms with van der Waals surface area (Å²) in [5.41, 5.74) is 13.2. The average Bonchev–Trinajstić information content (AvgIpc) is 3.82. The smallest absolute Gasteiger partial charge is 0.137 e. The molecule has 1 aliphatic rings. The van der Waals surface area contributed by atoms with Crippen LogP contribution in [0.4, 0.5) is 0 Å². The Morgan fingerprint density at radius 2 is 1.00 bits per heavy atom. The van der Waals surface area contributed by atoms with Crippen molar-refractivity contribution < 1.29 is 4.42 Å². The summed E-state index contributed by atoms with van der Waals surface area (Å²) in [5, 5.41) is 8.42. The molecule has 3 heterocycles. The van der Waals surface area contributed by atoms with Gasteiger partial charge < -0.3 is 14.3 Å². The Kier molecular flexibility index (Phi) is 7.86. The second-order valence-electron chi connectivity index (χ2n) is 14.9. The van der Waals surface area contributed by atoms with Crippen molar-refractivity contribution in [3.05, 3.63) is 211 Å². The Hall–Kier alpha value is -7.21. The van der Waals surface area contributed by atoms with Gasteiger partial charge in [-0.1, -0.05) is 152 Å². The second-order valence-corrected chi connectivity index (χ2v) is 14.9. The maximum Gasteiger partial charge on any atom is 0.137 e. The third kappa shape index (κ3) is 5.71. The number of hydrogen-bond acceptors (Lipinski definition) is 4. The van der Waals surface area contributed by atoms with E-state index >= 15 is 0 Å². The quantitative estimate of drug-likeness (QED) is 0.185. The van der Waals surface area contributed by atoms with E-state index in [9.17, 15) is 0 Å². The zero-order chi connectivity index (χ0) is 37.9. The summed E-state index contributed by atoms with van der Waals surface area (Å²) in [4.78, 5) is 7.53. The number of rotatable bonds is 6. The van der Waals surface area contributed by atoms with Crippen LogP contribution in [0.25, 0.3) is 71.7 Å². The first-order valence-corrected chi connectivity index (χ1v) is 19.5. The summed E-state index contributed by atoms with van der Waals surface area (Å²) < 4.78 is 9.03. The topological polar surface area (TPSA) is 45.7 Å². The monoisotopic (exact) mass is 734 g/mol. The van der Waals surface area contributed by atoms with Crippen molar-refractivity contribution >= 4 is 49.6 Å². The van der Waals surface area contributed by atoms with Crippen molar-refractivity contribution in [2.45, 2.75) is 12.3 Å². The molecule has 0 bridgehead atoms. The molecule has 1 N–H and O–H groups in total. The van der Waals surface area contributed by atoms with Crippen molar-refractivity contribution in [3.8, 4) is 27.9 Å². The van der Waals surface area contributed by atoms with E-state index < -0.39 is 0 Å². The minimum Gasteiger partial charge on any atom is -0.456 e. The molecule has 10 aromatic rings. The number of benzene rings is 8. The third-order valence-electron chi connectivity index (χ3n) is 11.5. The second kappa shape index (κ2) is 13.5. The maximum absolute atomic E-state index is 6.66. The lowest BCUT2D eigenvalue weighted by Crippen LogP contribution is -2.45. The predicted molar refractivity (Wildman–Crippen MR) is 235 cm³/mol. The Balaban J connectivity index is 0.941. The van der Waals surface area contributed by atoms with E-state index in [0.29, 0.717) is 0 Å². The first-order valence-electron chi connectivity index (χ1n) is 19.5. The fourth-order valence-corrected chi connectivity index (χ4v) is 8.63. The van der Waals surface area contributed by atoms with Crippen molar-refractivity contribution in [2.75, 3.05) is 7.05 Å². The van der Waals surface area contributed by atoms with Gasteiger partial charge in [0.1, 0.15) is 29.3 Å². The van der Waals surface area contributed by atoms with Crippen LogP contribution < -0.4 is 5.32 Å². The van der Waals surface area contributed by atoms with Gasteiger partial charge in [0, 0.05) is 38.9 Å². The first kappa shape index (κ1) is 33.2. The van der Waals surface area contributed by atoms with Crippen LogP contribution in [0.3, 0.4) is 0 Å². The molecule has 0 fully saturated rings. The van der Waals surface area contributed by atoms with Crippen molar-refractivity contribution in [1.82, 2.24) is 14.8 Å². The summed E-state index contributed by atoms with van der Waals surface area (Å²) in [5.74, 6) is 0.880. The molecule has 5 nitrogen and oxygen atoms in total. The molecule has 0 amide bonds. The fraction of sp³-hybridized carbons (Fsp3) is 0.0577. The first-order chi connectivity index (χ1) is 28.2. The SMILES string of the molecule is CN1C(c2ccccc2)N=C(c2ccc(-c3ccc4c(c3)oc3cc(-n5c6ccccc6c6ccc(-c7ccccc7)cc65)ccc34)cc2)NC1c1ccccc1. The molecule has 0 saturated carbocycles. The minimum absolute atomic E-state index is 0.0266. The molecule has 11 rings (SSSR count). The summed E-state index contributed by atoms with van der Waals surface area (Å²) in [7, 11) is 2.13. The van der Waals surface area contributed by atoms with Gasteiger partial charge in [-0.05, 0) is 76.8 Å². The normalized spacial score (nSPS) is 16.0. The van der Waals surface area contributed by atoms with Crippen LogP contribution in [-0.2, 0) is 0 Å². The van der Waals surface area contributed by atoms with Gasteiger partial charge in [0.05, 0.1) is 11.0 Å². The number of nitrogens with zero attached hydrogens (tertiary/aromatic N) is 3. The molecule has 57 heavy (non-hydrogen) atoms. The molecule has 0 saturated heterocycles. The average molecular weight is 735 g/mol. The van der Waals surface area contributed by atoms with Crippen LogP contribution in [0, 0.1) is 0 Å². The number of aromatic nitrogens is 1. The van der Waals surface area contributed by atoms with Crippen LogP contribution in [0.5, 0.6) is 0 Å². The highest BCUT2D eigenvalue weighted by molar-refractivity contribution is 6.11. The molecule has 1 aliphatic heterocycles. The van der Waals surface area contributed by atoms with Gasteiger partial charge in [0.15, 0.2) is 0 Å². The largest absolute Gasteiger partial charge is 0.456 e. The molecule has 2 unspecified atom stereocenters. The van der Waals surface area contributed by atoms with E-state index in [4.69, 9.17) is 9.41 Å². The number of aliphatic imine (C=N–C) groups is 1. The lowest BCUT2D eigenvalue weighted by Gasteiger charge is -2.39. The predicted octanol–water partition coefficient (Wildman–Crippen LogP) is 12.7. The summed E-state index contributed by atoms with van der Waals surface area (Å²) in [6, 6.07) is 69.0. The molecule has 8 aromatic carbocycles. The number of fused-ring (bicyclic) bond motifs is 6. The van der Waals surface area contributed by atoms with E-state index in [1.807, 2.05) is 0 Å². The molecular weight excluding hydrogens is 697 g/mol. The van der Waals surface area contributed by atoms with Gasteiger partial charge in [-0.15, -0.1) is 0 Å². The highest BCUT2D eigenvalue weighted by Gasteiger charge is 2.31. The fourth-order valence-electron chi connectivity index (χ4n) is 8.63. The molecule has 2 aromatic heterocycles. The number of para-hydroxylation sites is 1. The molecule has 5 heteroatoms. The van der Waals surface area contributed by atoms with Crippen molar-refractivity contribution in [2.24, 2.45) is 4.99 Å². The Labute approximate surface area is 330 Å². The number of nitrogens with one attached hydrogen (secondary N) is 1. The van der Waals surface area contributed by atoms with E-state index in [2.05, 4.69) is 216 Å². The Bertz CT molecular complexity index is 3110. The molecule has 0 radical (unpaired) electrons. The minimum atomic E-state index is -0.120. The lowest BCUT2D eigenvalue weighted by molar-refractivity contribution is 0.152. The van der Waals surface area contributed by atoms with Crippen LogP contribution in [0.15, 0.2) is 204 Å². The molecule has 0 spiro atoms. The number of hydrogen-bond donors (Lipinski definition) is 1. The summed E-state index contributed by atoms with van der Waals surface area (Å²) in [6.45, 7) is 0. The highest BCUT2D eigenvalue weighted by Crippen LogP contribution is 2.38. The van der Waals surface area contributed by atoms with Gasteiger partial charge >= 0.3 is 0 Å². The van der Waals surface area contributed by atoms with E-state index in [1.54, 1.807) is 0 Å². The van der Waals surface area contributed by atoms with E-state index in [-0.39, 0.29) is 12.3 Å². The maximum atomic E-state index is 6.66. The van der Waals surface area contributed by atoms with Crippen molar-refractivity contribution in [3.63, 3.8) is 0 Å². The van der Waals surface area contributed by atoms with Crippen LogP contribution >= 0.6 is 0 Å². The number of amidine groups is 1. The third-order valence-corrected chi connectivity index (χ3v) is 11.5. The Morgan fingerprint density at radius 3 is 1.75 bits per heavy atom. The highest BCUT2D eigenvalue weighted by atomic mass is 16.3. The van der Waals surface area contributed by atoms with Gasteiger partial charge in [-0.2, -0.15) is 0 Å².